The summed E-state index contributed by atoms with van der Waals surface area (Å²) in [5.41, 5.74) is 0.584. The van der Waals surface area contributed by atoms with E-state index in [0.717, 1.165) is 18.2 Å². The summed E-state index contributed by atoms with van der Waals surface area (Å²) in [6.45, 7) is 1.77. The molecule has 2 fully saturated rings. The van der Waals surface area contributed by atoms with Gasteiger partial charge >= 0.3 is 0 Å². The van der Waals surface area contributed by atoms with Crippen LogP contribution in [0.25, 0.3) is 0 Å². The van der Waals surface area contributed by atoms with E-state index in [1.807, 2.05) is 6.07 Å². The van der Waals surface area contributed by atoms with Gasteiger partial charge in [-0.05, 0) is 49.1 Å². The van der Waals surface area contributed by atoms with Gasteiger partial charge in [0.15, 0.2) is 0 Å². The zero-order valence-corrected chi connectivity index (χ0v) is 11.6. The third kappa shape index (κ3) is 3.51. The molecule has 2 nitrogen and oxygen atoms in total. The van der Waals surface area contributed by atoms with Crippen molar-refractivity contribution >= 4 is 11.8 Å². The van der Waals surface area contributed by atoms with Crippen LogP contribution in [0.4, 0.5) is 8.78 Å². The van der Waals surface area contributed by atoms with Crippen LogP contribution in [0.5, 0.6) is 0 Å². The van der Waals surface area contributed by atoms with Gasteiger partial charge < -0.3 is 9.73 Å². The molecule has 0 amide bonds. The van der Waals surface area contributed by atoms with Gasteiger partial charge in [0.2, 0.25) is 0 Å². The second-order valence-corrected chi connectivity index (χ2v) is 6.66. The number of nitrogens with one attached hydrogen (secondary N) is 1. The van der Waals surface area contributed by atoms with Gasteiger partial charge in [-0.25, -0.2) is 0 Å². The fourth-order valence-electron chi connectivity index (χ4n) is 2.76. The molecule has 0 aliphatic heterocycles. The molecule has 5 heteroatoms. The fraction of sp³-hybridized carbons (Fsp3) is 0.714. The summed E-state index contributed by atoms with van der Waals surface area (Å²) >= 11 is 0.600. The highest BCUT2D eigenvalue weighted by molar-refractivity contribution is 7.98. The predicted octanol–water partition coefficient (Wildman–Crippen LogP) is 4.02. The monoisotopic (exact) mass is 287 g/mol. The van der Waals surface area contributed by atoms with Gasteiger partial charge in [-0.2, -0.15) is 8.78 Å². The smallest absolute Gasteiger partial charge is 0.284 e. The van der Waals surface area contributed by atoms with Crippen LogP contribution in [0.1, 0.15) is 37.2 Å². The van der Waals surface area contributed by atoms with Crippen LogP contribution in [0.3, 0.4) is 0 Å². The van der Waals surface area contributed by atoms with E-state index < -0.39 is 5.76 Å². The largest absolute Gasteiger partial charge is 0.464 e. The summed E-state index contributed by atoms with van der Waals surface area (Å²) < 4.78 is 29.6. The maximum absolute atomic E-state index is 12.1. The Bertz CT molecular complexity index is 427. The molecule has 0 atom stereocenters. The second kappa shape index (κ2) is 5.44. The topological polar surface area (TPSA) is 25.2 Å². The number of furan rings is 1. The first kappa shape index (κ1) is 13.4. The van der Waals surface area contributed by atoms with Crippen molar-refractivity contribution < 1.29 is 13.2 Å². The van der Waals surface area contributed by atoms with Crippen LogP contribution < -0.4 is 5.32 Å². The van der Waals surface area contributed by atoms with Gasteiger partial charge in [-0.3, -0.25) is 0 Å². The minimum Gasteiger partial charge on any atom is -0.464 e. The molecule has 1 N–H and O–H groups in total. The molecule has 1 heterocycles. The first-order valence-corrected chi connectivity index (χ1v) is 7.91. The van der Waals surface area contributed by atoms with Crippen LogP contribution >= 0.6 is 11.8 Å². The highest BCUT2D eigenvalue weighted by Crippen LogP contribution is 2.60. The minimum atomic E-state index is -2.33. The summed E-state index contributed by atoms with van der Waals surface area (Å²) in [7, 11) is 0. The average Bonchev–Trinajstić information content (AvgIpc) is 3.26. The van der Waals surface area contributed by atoms with E-state index in [1.165, 1.54) is 25.7 Å². The Morgan fingerprint density at radius 1 is 1.32 bits per heavy atom. The van der Waals surface area contributed by atoms with E-state index in [9.17, 15) is 8.78 Å². The van der Waals surface area contributed by atoms with Crippen LogP contribution in [-0.4, -0.2) is 12.3 Å². The molecule has 0 radical (unpaired) electrons. The van der Waals surface area contributed by atoms with Gasteiger partial charge in [0.1, 0.15) is 11.5 Å². The maximum atomic E-state index is 12.1. The normalized spacial score (nSPS) is 21.0. The van der Waals surface area contributed by atoms with Crippen molar-refractivity contribution in [1.29, 1.82) is 0 Å². The summed E-state index contributed by atoms with van der Waals surface area (Å²) in [4.78, 5) is 0. The molecule has 0 unspecified atom stereocenters. The van der Waals surface area contributed by atoms with Crippen molar-refractivity contribution in [3.8, 4) is 0 Å². The first-order valence-electron chi connectivity index (χ1n) is 6.86. The molecule has 0 saturated heterocycles. The van der Waals surface area contributed by atoms with Crippen molar-refractivity contribution in [3.63, 3.8) is 0 Å². The Hall–Kier alpha value is -0.550. The van der Waals surface area contributed by atoms with Crippen molar-refractivity contribution in [2.75, 3.05) is 6.54 Å². The number of hydrogen-bond donors (Lipinski definition) is 1. The minimum absolute atomic E-state index is 0.240. The number of rotatable bonds is 8. The number of halogens is 2. The van der Waals surface area contributed by atoms with Crippen molar-refractivity contribution in [2.45, 2.75) is 43.7 Å². The molecule has 1 aromatic heterocycles. The van der Waals surface area contributed by atoms with E-state index in [2.05, 4.69) is 5.32 Å². The quantitative estimate of drug-likeness (QED) is 0.782. The number of alkyl halides is 2. The Morgan fingerprint density at radius 2 is 2.05 bits per heavy atom. The molecule has 106 valence electrons. The lowest BCUT2D eigenvalue weighted by Crippen LogP contribution is -2.24. The molecule has 2 saturated carbocycles. The Balaban J connectivity index is 1.40. The molecule has 1 aromatic rings. The van der Waals surface area contributed by atoms with Gasteiger partial charge in [0, 0.05) is 6.54 Å². The Kier molecular flexibility index (Phi) is 3.85. The lowest BCUT2D eigenvalue weighted by atomic mass is 10.0. The zero-order chi connectivity index (χ0) is 13.3. The molecule has 0 spiro atoms. The maximum Gasteiger partial charge on any atom is 0.284 e. The third-order valence-corrected chi connectivity index (χ3v) is 4.88. The molecule has 19 heavy (non-hydrogen) atoms. The first-order chi connectivity index (χ1) is 9.18. The summed E-state index contributed by atoms with van der Waals surface area (Å²) in [6.07, 6.45) is 5.52. The van der Waals surface area contributed by atoms with Crippen molar-refractivity contribution in [3.05, 3.63) is 23.7 Å². The van der Waals surface area contributed by atoms with Crippen LogP contribution in [0.15, 0.2) is 16.5 Å². The molecule has 2 aliphatic carbocycles. The highest BCUT2D eigenvalue weighted by atomic mass is 32.2. The SMILES string of the molecule is FC(F)SCc1ccc(CNCC2(C3CC3)CC2)o1. The predicted molar refractivity (Wildman–Crippen MR) is 72.1 cm³/mol. The van der Waals surface area contributed by atoms with E-state index in [4.69, 9.17) is 4.42 Å². The molecular weight excluding hydrogens is 268 g/mol. The van der Waals surface area contributed by atoms with Crippen LogP contribution in [0.2, 0.25) is 0 Å². The fourth-order valence-corrected chi connectivity index (χ4v) is 3.21. The van der Waals surface area contributed by atoms with Crippen molar-refractivity contribution in [2.24, 2.45) is 11.3 Å². The van der Waals surface area contributed by atoms with Gasteiger partial charge in [-0.1, -0.05) is 11.8 Å². The van der Waals surface area contributed by atoms with Gasteiger partial charge in [0.25, 0.3) is 5.76 Å². The molecule has 0 aromatic carbocycles. The van der Waals surface area contributed by atoms with Gasteiger partial charge in [-0.15, -0.1) is 0 Å². The zero-order valence-electron chi connectivity index (χ0n) is 10.8. The molecular formula is C14H19F2NOS. The number of thioether (sulfide) groups is 1. The lowest BCUT2D eigenvalue weighted by molar-refractivity contribution is 0.251. The van der Waals surface area contributed by atoms with Gasteiger partial charge in [0.05, 0.1) is 12.3 Å². The summed E-state index contributed by atoms with van der Waals surface area (Å²) in [6, 6.07) is 3.67. The Labute approximate surface area is 116 Å². The van der Waals surface area contributed by atoms with E-state index in [1.54, 1.807) is 6.07 Å². The summed E-state index contributed by atoms with van der Waals surface area (Å²) in [5.74, 6) is 0.334. The lowest BCUT2D eigenvalue weighted by Gasteiger charge is -2.14. The van der Waals surface area contributed by atoms with Crippen LogP contribution in [-0.2, 0) is 12.3 Å². The third-order valence-electron chi connectivity index (χ3n) is 4.18. The summed E-state index contributed by atoms with van der Waals surface area (Å²) in [5, 5.41) is 3.46. The van der Waals surface area contributed by atoms with Crippen molar-refractivity contribution in [1.82, 2.24) is 5.32 Å². The van der Waals surface area contributed by atoms with Crippen LogP contribution in [0, 0.1) is 11.3 Å². The second-order valence-electron chi connectivity index (χ2n) is 5.68. The molecule has 0 bridgehead atoms. The highest BCUT2D eigenvalue weighted by Gasteiger charge is 2.53. The number of hydrogen-bond acceptors (Lipinski definition) is 3. The Morgan fingerprint density at radius 3 is 2.68 bits per heavy atom. The van der Waals surface area contributed by atoms with E-state index in [0.29, 0.717) is 29.5 Å². The standard InChI is InChI=1S/C14H19F2NOS/c15-13(16)19-8-12-4-3-11(18-12)7-17-9-14(5-6-14)10-1-2-10/h3-4,10,13,17H,1-2,5-9H2. The van der Waals surface area contributed by atoms with E-state index >= 15 is 0 Å². The molecule has 2 aliphatic rings. The average molecular weight is 287 g/mol. The molecule has 3 rings (SSSR count). The van der Waals surface area contributed by atoms with E-state index in [-0.39, 0.29) is 5.75 Å².